The van der Waals surface area contributed by atoms with E-state index in [1.165, 1.54) is 10.7 Å². The minimum absolute atomic E-state index is 0.155. The van der Waals surface area contributed by atoms with Gasteiger partial charge < -0.3 is 5.32 Å². The van der Waals surface area contributed by atoms with E-state index >= 15 is 0 Å². The number of nitrogens with one attached hydrogen (secondary N) is 1. The van der Waals surface area contributed by atoms with Gasteiger partial charge in [-0.15, -0.1) is 0 Å². The van der Waals surface area contributed by atoms with Crippen LogP contribution >= 0.6 is 0 Å². The fourth-order valence-electron chi connectivity index (χ4n) is 2.69. The fraction of sp³-hybridized carbons (Fsp3) is 0.625. The van der Waals surface area contributed by atoms with Crippen LogP contribution in [0.5, 0.6) is 0 Å². The van der Waals surface area contributed by atoms with Crippen LogP contribution in [0.3, 0.4) is 0 Å². The average molecular weight is 310 g/mol. The number of benzene rings is 1. The van der Waals surface area contributed by atoms with Crippen LogP contribution < -0.4 is 5.32 Å². The highest BCUT2D eigenvalue weighted by molar-refractivity contribution is 7.89. The first-order chi connectivity index (χ1) is 9.95. The number of hydrogen-bond donors (Lipinski definition) is 1. The Morgan fingerprint density at radius 3 is 2.67 bits per heavy atom. The molecule has 0 radical (unpaired) electrons. The van der Waals surface area contributed by atoms with Crippen molar-refractivity contribution in [2.24, 2.45) is 5.92 Å². The molecule has 0 heterocycles. The number of sulfonamides is 1. The minimum atomic E-state index is -3.38. The monoisotopic (exact) mass is 310 g/mol. The smallest absolute Gasteiger partial charge is 0.242 e. The van der Waals surface area contributed by atoms with Gasteiger partial charge in [-0.2, -0.15) is 0 Å². The SMILES string of the molecule is CCNC(C)c1cccc(S(=O)(=O)N(C)CC2CCC2)c1. The fourth-order valence-corrected chi connectivity index (χ4v) is 3.99. The van der Waals surface area contributed by atoms with Crippen LogP contribution in [-0.2, 0) is 10.0 Å². The van der Waals surface area contributed by atoms with Gasteiger partial charge in [-0.1, -0.05) is 25.5 Å². The molecule has 0 saturated heterocycles. The zero-order valence-corrected chi connectivity index (χ0v) is 14.0. The van der Waals surface area contributed by atoms with E-state index in [0.717, 1.165) is 24.9 Å². The van der Waals surface area contributed by atoms with Crippen molar-refractivity contribution in [3.8, 4) is 0 Å². The Bertz CT molecular complexity index is 567. The molecule has 21 heavy (non-hydrogen) atoms. The summed E-state index contributed by atoms with van der Waals surface area (Å²) in [6.45, 7) is 5.59. The highest BCUT2D eigenvalue weighted by atomic mass is 32.2. The second-order valence-electron chi connectivity index (χ2n) is 5.93. The lowest BCUT2D eigenvalue weighted by atomic mass is 9.86. The van der Waals surface area contributed by atoms with E-state index < -0.39 is 10.0 Å². The Balaban J connectivity index is 2.16. The van der Waals surface area contributed by atoms with Crippen molar-refractivity contribution in [2.75, 3.05) is 20.1 Å². The van der Waals surface area contributed by atoms with Gasteiger partial charge in [-0.05, 0) is 49.9 Å². The van der Waals surface area contributed by atoms with Crippen LogP contribution in [0.15, 0.2) is 29.2 Å². The van der Waals surface area contributed by atoms with Crippen molar-refractivity contribution in [3.63, 3.8) is 0 Å². The standard InChI is InChI=1S/C16H26N2O2S/c1-4-17-13(2)15-9-6-10-16(11-15)21(19,20)18(3)12-14-7-5-8-14/h6,9-11,13-14,17H,4-5,7-8,12H2,1-3H3. The Morgan fingerprint density at radius 2 is 2.10 bits per heavy atom. The highest BCUT2D eigenvalue weighted by Crippen LogP contribution is 2.29. The van der Waals surface area contributed by atoms with Crippen LogP contribution in [0, 0.1) is 5.92 Å². The first-order valence-electron chi connectivity index (χ1n) is 7.74. The maximum atomic E-state index is 12.6. The molecule has 1 fully saturated rings. The van der Waals surface area contributed by atoms with E-state index in [1.807, 2.05) is 26.0 Å². The lowest BCUT2D eigenvalue weighted by molar-refractivity contribution is 0.263. The summed E-state index contributed by atoms with van der Waals surface area (Å²) in [6, 6.07) is 7.43. The van der Waals surface area contributed by atoms with Crippen molar-refractivity contribution in [1.82, 2.24) is 9.62 Å². The van der Waals surface area contributed by atoms with Crippen molar-refractivity contribution in [3.05, 3.63) is 29.8 Å². The van der Waals surface area contributed by atoms with Gasteiger partial charge in [-0.3, -0.25) is 0 Å². The van der Waals surface area contributed by atoms with Crippen LogP contribution in [-0.4, -0.2) is 32.9 Å². The van der Waals surface area contributed by atoms with Crippen LogP contribution in [0.25, 0.3) is 0 Å². The molecule has 5 heteroatoms. The number of rotatable bonds is 7. The molecule has 1 N–H and O–H groups in total. The van der Waals surface area contributed by atoms with Crippen LogP contribution in [0.1, 0.15) is 44.7 Å². The number of hydrogen-bond acceptors (Lipinski definition) is 3. The maximum absolute atomic E-state index is 12.6. The van der Waals surface area contributed by atoms with Gasteiger partial charge in [-0.25, -0.2) is 12.7 Å². The van der Waals surface area contributed by atoms with Crippen LogP contribution in [0.4, 0.5) is 0 Å². The molecular formula is C16H26N2O2S. The Labute approximate surface area is 128 Å². The third kappa shape index (κ3) is 3.84. The second kappa shape index (κ2) is 6.90. The molecule has 1 atom stereocenters. The van der Waals surface area contributed by atoms with E-state index in [9.17, 15) is 8.42 Å². The first kappa shape index (κ1) is 16.5. The van der Waals surface area contributed by atoms with E-state index in [1.54, 1.807) is 19.2 Å². The van der Waals surface area contributed by atoms with Gasteiger partial charge in [0, 0.05) is 19.6 Å². The largest absolute Gasteiger partial charge is 0.310 e. The molecule has 118 valence electrons. The summed E-state index contributed by atoms with van der Waals surface area (Å²) in [5.41, 5.74) is 1.01. The minimum Gasteiger partial charge on any atom is -0.310 e. The Morgan fingerprint density at radius 1 is 1.38 bits per heavy atom. The van der Waals surface area contributed by atoms with Gasteiger partial charge >= 0.3 is 0 Å². The summed E-state index contributed by atoms with van der Waals surface area (Å²) in [6.07, 6.45) is 3.53. The van der Waals surface area contributed by atoms with Gasteiger partial charge in [0.2, 0.25) is 10.0 Å². The van der Waals surface area contributed by atoms with Gasteiger partial charge in [0.15, 0.2) is 0 Å². The zero-order chi connectivity index (χ0) is 15.5. The van der Waals surface area contributed by atoms with Gasteiger partial charge in [0.25, 0.3) is 0 Å². The van der Waals surface area contributed by atoms with Crippen molar-refractivity contribution in [1.29, 1.82) is 0 Å². The lowest BCUT2D eigenvalue weighted by Gasteiger charge is -2.29. The summed E-state index contributed by atoms with van der Waals surface area (Å²) in [4.78, 5) is 0.395. The molecule has 1 unspecified atom stereocenters. The van der Waals surface area contributed by atoms with Crippen molar-refractivity contribution in [2.45, 2.75) is 44.0 Å². The summed E-state index contributed by atoms with van der Waals surface area (Å²) < 4.78 is 26.8. The molecule has 1 aromatic rings. The summed E-state index contributed by atoms with van der Waals surface area (Å²) in [7, 11) is -1.69. The molecule has 0 spiro atoms. The third-order valence-electron chi connectivity index (χ3n) is 4.32. The van der Waals surface area contributed by atoms with E-state index in [0.29, 0.717) is 17.4 Å². The molecule has 4 nitrogen and oxygen atoms in total. The quantitative estimate of drug-likeness (QED) is 0.842. The molecule has 1 aromatic carbocycles. The lowest BCUT2D eigenvalue weighted by Crippen LogP contribution is -2.34. The average Bonchev–Trinajstić information content (AvgIpc) is 2.43. The van der Waals surface area contributed by atoms with E-state index in [4.69, 9.17) is 0 Å². The molecule has 1 saturated carbocycles. The molecule has 0 aliphatic heterocycles. The van der Waals surface area contributed by atoms with E-state index in [-0.39, 0.29) is 6.04 Å². The first-order valence-corrected chi connectivity index (χ1v) is 9.19. The molecule has 2 rings (SSSR count). The molecule has 0 aromatic heterocycles. The van der Waals surface area contributed by atoms with Gasteiger partial charge in [0.05, 0.1) is 4.90 Å². The van der Waals surface area contributed by atoms with Crippen molar-refractivity contribution < 1.29 is 8.42 Å². The molecule has 0 amide bonds. The maximum Gasteiger partial charge on any atom is 0.242 e. The third-order valence-corrected chi connectivity index (χ3v) is 6.14. The van der Waals surface area contributed by atoms with Crippen molar-refractivity contribution >= 4 is 10.0 Å². The molecule has 0 bridgehead atoms. The topological polar surface area (TPSA) is 49.4 Å². The molecular weight excluding hydrogens is 284 g/mol. The summed E-state index contributed by atoms with van der Waals surface area (Å²) >= 11 is 0. The Hall–Kier alpha value is -0.910. The zero-order valence-electron chi connectivity index (χ0n) is 13.2. The predicted octanol–water partition coefficient (Wildman–Crippen LogP) is 2.78. The number of nitrogens with zero attached hydrogens (tertiary/aromatic N) is 1. The predicted molar refractivity (Wildman–Crippen MR) is 85.7 cm³/mol. The summed E-state index contributed by atoms with van der Waals surface area (Å²) in [5.74, 6) is 0.536. The molecule has 1 aliphatic carbocycles. The molecule has 1 aliphatic rings. The van der Waals surface area contributed by atoms with Crippen LogP contribution in [0.2, 0.25) is 0 Å². The Kier molecular flexibility index (Phi) is 5.41. The normalized spacial score (nSPS) is 17.7. The second-order valence-corrected chi connectivity index (χ2v) is 7.98. The van der Waals surface area contributed by atoms with Gasteiger partial charge in [0.1, 0.15) is 0 Å². The highest BCUT2D eigenvalue weighted by Gasteiger charge is 2.27. The summed E-state index contributed by atoms with van der Waals surface area (Å²) in [5, 5.41) is 3.31. The van der Waals surface area contributed by atoms with E-state index in [2.05, 4.69) is 5.32 Å².